The van der Waals surface area contributed by atoms with Crippen LogP contribution in [0.15, 0.2) is 0 Å². The molecule has 3 heteroatoms. The average molecular weight is 257 g/mol. The Kier molecular flexibility index (Phi) is 7.53. The van der Waals surface area contributed by atoms with Gasteiger partial charge in [-0.25, -0.2) is 0 Å². The summed E-state index contributed by atoms with van der Waals surface area (Å²) < 4.78 is 0. The zero-order chi connectivity index (χ0) is 14.2. The number of carboxylic acid groups (broad SMARTS) is 1. The van der Waals surface area contributed by atoms with Gasteiger partial charge in [0, 0.05) is 13.1 Å². The summed E-state index contributed by atoms with van der Waals surface area (Å²) in [4.78, 5) is 11.4. The minimum atomic E-state index is -0.671. The molecule has 3 nitrogen and oxygen atoms in total. The smallest absolute Gasteiger partial charge is 0.310 e. The molecular formula is C15H31NO2. The molecule has 0 saturated carbocycles. The van der Waals surface area contributed by atoms with Crippen molar-refractivity contribution in [2.24, 2.45) is 10.8 Å². The molecule has 0 heterocycles. The molecule has 0 rings (SSSR count). The van der Waals surface area contributed by atoms with E-state index in [-0.39, 0.29) is 0 Å². The van der Waals surface area contributed by atoms with Gasteiger partial charge in [0.15, 0.2) is 0 Å². The highest BCUT2D eigenvalue weighted by Crippen LogP contribution is 2.30. The van der Waals surface area contributed by atoms with Crippen LogP contribution in [0.2, 0.25) is 0 Å². The molecule has 18 heavy (non-hydrogen) atoms. The summed E-state index contributed by atoms with van der Waals surface area (Å²) in [6.07, 6.45) is 4.80. The van der Waals surface area contributed by atoms with Crippen LogP contribution in [-0.4, -0.2) is 24.2 Å². The van der Waals surface area contributed by atoms with Gasteiger partial charge in [0.1, 0.15) is 0 Å². The van der Waals surface area contributed by atoms with Gasteiger partial charge in [-0.15, -0.1) is 0 Å². The molecule has 0 bridgehead atoms. The standard InChI is InChI=1S/C15H31NO2/c1-6-14(7-2,8-3)11-16-12-15(9-4,10-5)13(17)18/h16H,6-12H2,1-5H3,(H,17,18). The lowest BCUT2D eigenvalue weighted by Gasteiger charge is -2.34. The Hall–Kier alpha value is -0.570. The normalized spacial score (nSPS) is 12.7. The third-order valence-corrected chi connectivity index (χ3v) is 5.02. The maximum atomic E-state index is 11.4. The van der Waals surface area contributed by atoms with Gasteiger partial charge in [-0.1, -0.05) is 34.6 Å². The van der Waals surface area contributed by atoms with Crippen molar-refractivity contribution in [1.29, 1.82) is 0 Å². The van der Waals surface area contributed by atoms with Crippen LogP contribution in [0.5, 0.6) is 0 Å². The summed E-state index contributed by atoms with van der Waals surface area (Å²) in [7, 11) is 0. The first-order chi connectivity index (χ1) is 8.45. The Bertz CT molecular complexity index is 235. The van der Waals surface area contributed by atoms with Crippen LogP contribution >= 0.6 is 0 Å². The molecule has 0 saturated heterocycles. The quantitative estimate of drug-likeness (QED) is 0.627. The minimum absolute atomic E-state index is 0.325. The maximum Gasteiger partial charge on any atom is 0.310 e. The van der Waals surface area contributed by atoms with Gasteiger partial charge < -0.3 is 10.4 Å². The number of hydrogen-bond donors (Lipinski definition) is 2. The number of carboxylic acids is 1. The molecule has 108 valence electrons. The number of carbonyl (C=O) groups is 1. The van der Waals surface area contributed by atoms with E-state index in [0.29, 0.717) is 24.8 Å². The molecule has 0 aliphatic heterocycles. The van der Waals surface area contributed by atoms with Gasteiger partial charge in [-0.3, -0.25) is 4.79 Å². The van der Waals surface area contributed by atoms with Crippen molar-refractivity contribution in [3.05, 3.63) is 0 Å². The minimum Gasteiger partial charge on any atom is -0.481 e. The number of nitrogens with one attached hydrogen (secondary N) is 1. The predicted octanol–water partition coefficient (Wildman–Crippen LogP) is 3.68. The molecule has 0 unspecified atom stereocenters. The zero-order valence-electron chi connectivity index (χ0n) is 12.8. The van der Waals surface area contributed by atoms with Crippen molar-refractivity contribution in [2.45, 2.75) is 66.7 Å². The molecule has 0 amide bonds. The fourth-order valence-corrected chi connectivity index (χ4v) is 2.57. The first-order valence-corrected chi connectivity index (χ1v) is 7.40. The van der Waals surface area contributed by atoms with Crippen molar-refractivity contribution < 1.29 is 9.90 Å². The topological polar surface area (TPSA) is 49.3 Å². The van der Waals surface area contributed by atoms with Crippen molar-refractivity contribution in [1.82, 2.24) is 5.32 Å². The lowest BCUT2D eigenvalue weighted by atomic mass is 9.78. The molecule has 0 aromatic carbocycles. The highest BCUT2D eigenvalue weighted by atomic mass is 16.4. The Balaban J connectivity index is 4.51. The predicted molar refractivity (Wildman–Crippen MR) is 76.8 cm³/mol. The van der Waals surface area contributed by atoms with Gasteiger partial charge in [-0.05, 0) is 37.5 Å². The summed E-state index contributed by atoms with van der Waals surface area (Å²) in [5.74, 6) is -0.671. The van der Waals surface area contributed by atoms with E-state index in [4.69, 9.17) is 0 Å². The molecule has 0 atom stereocenters. The van der Waals surface area contributed by atoms with E-state index in [1.165, 1.54) is 0 Å². The molecule has 2 N–H and O–H groups in total. The van der Waals surface area contributed by atoms with Crippen molar-refractivity contribution >= 4 is 5.97 Å². The molecule has 0 radical (unpaired) electrons. The Labute approximate surface area is 112 Å². The fourth-order valence-electron chi connectivity index (χ4n) is 2.57. The molecule has 0 fully saturated rings. The summed E-state index contributed by atoms with van der Waals surface area (Å²) in [6, 6.07) is 0. The first-order valence-electron chi connectivity index (χ1n) is 7.40. The Morgan fingerprint density at radius 2 is 1.33 bits per heavy atom. The third-order valence-electron chi connectivity index (χ3n) is 5.02. The van der Waals surface area contributed by atoms with Gasteiger partial charge in [0.2, 0.25) is 0 Å². The number of rotatable bonds is 10. The van der Waals surface area contributed by atoms with E-state index in [1.54, 1.807) is 0 Å². The molecule has 0 aromatic rings. The second kappa shape index (κ2) is 7.78. The van der Waals surface area contributed by atoms with Crippen molar-refractivity contribution in [3.8, 4) is 0 Å². The van der Waals surface area contributed by atoms with E-state index < -0.39 is 11.4 Å². The van der Waals surface area contributed by atoms with Crippen LogP contribution in [0.25, 0.3) is 0 Å². The van der Waals surface area contributed by atoms with Gasteiger partial charge in [0.05, 0.1) is 5.41 Å². The van der Waals surface area contributed by atoms with E-state index in [0.717, 1.165) is 25.8 Å². The lowest BCUT2D eigenvalue weighted by Crippen LogP contribution is -2.43. The van der Waals surface area contributed by atoms with Gasteiger partial charge in [0.25, 0.3) is 0 Å². The van der Waals surface area contributed by atoms with E-state index in [9.17, 15) is 9.90 Å². The van der Waals surface area contributed by atoms with Crippen LogP contribution in [0.4, 0.5) is 0 Å². The second-order valence-electron chi connectivity index (χ2n) is 5.46. The first kappa shape index (κ1) is 17.4. The van der Waals surface area contributed by atoms with Gasteiger partial charge in [-0.2, -0.15) is 0 Å². The Morgan fingerprint density at radius 3 is 1.61 bits per heavy atom. The number of aliphatic carboxylic acids is 1. The van der Waals surface area contributed by atoms with E-state index in [2.05, 4.69) is 26.1 Å². The monoisotopic (exact) mass is 257 g/mol. The summed E-state index contributed by atoms with van der Waals surface area (Å²) in [5, 5.41) is 12.8. The van der Waals surface area contributed by atoms with Crippen LogP contribution in [-0.2, 0) is 4.79 Å². The third kappa shape index (κ3) is 3.98. The molecule has 0 aliphatic rings. The van der Waals surface area contributed by atoms with E-state index in [1.807, 2.05) is 13.8 Å². The van der Waals surface area contributed by atoms with Crippen LogP contribution in [0.3, 0.4) is 0 Å². The summed E-state index contributed by atoms with van der Waals surface area (Å²) >= 11 is 0. The second-order valence-corrected chi connectivity index (χ2v) is 5.46. The summed E-state index contributed by atoms with van der Waals surface area (Å²) in [5.41, 5.74) is -0.271. The number of hydrogen-bond acceptors (Lipinski definition) is 2. The highest BCUT2D eigenvalue weighted by molar-refractivity contribution is 5.74. The summed E-state index contributed by atoms with van der Waals surface area (Å²) in [6.45, 7) is 12.1. The maximum absolute atomic E-state index is 11.4. The highest BCUT2D eigenvalue weighted by Gasteiger charge is 2.35. The lowest BCUT2D eigenvalue weighted by molar-refractivity contribution is -0.149. The largest absolute Gasteiger partial charge is 0.481 e. The van der Waals surface area contributed by atoms with Crippen molar-refractivity contribution in [3.63, 3.8) is 0 Å². The van der Waals surface area contributed by atoms with Gasteiger partial charge >= 0.3 is 5.97 Å². The molecule has 0 aromatic heterocycles. The molecule has 0 spiro atoms. The van der Waals surface area contributed by atoms with Crippen LogP contribution in [0, 0.1) is 10.8 Å². The fraction of sp³-hybridized carbons (Fsp3) is 0.933. The molecule has 0 aliphatic carbocycles. The van der Waals surface area contributed by atoms with E-state index >= 15 is 0 Å². The zero-order valence-corrected chi connectivity index (χ0v) is 12.8. The van der Waals surface area contributed by atoms with Crippen molar-refractivity contribution in [2.75, 3.05) is 13.1 Å². The molecular weight excluding hydrogens is 226 g/mol. The Morgan fingerprint density at radius 1 is 0.889 bits per heavy atom. The van der Waals surface area contributed by atoms with Crippen LogP contribution < -0.4 is 5.32 Å². The average Bonchev–Trinajstić information content (AvgIpc) is 2.40. The van der Waals surface area contributed by atoms with Crippen LogP contribution in [0.1, 0.15) is 66.7 Å². The SMILES string of the molecule is CCC(CC)(CC)CNCC(CC)(CC)C(=O)O.